The number of nitrogens with one attached hydrogen (secondary N) is 2. The second kappa shape index (κ2) is 8.20. The molecule has 2 bridgehead atoms. The Kier molecular flexibility index (Phi) is 6.79. The van der Waals surface area contributed by atoms with E-state index in [0.29, 0.717) is 41.8 Å². The highest BCUT2D eigenvalue weighted by atomic mass is 35.5. The van der Waals surface area contributed by atoms with Gasteiger partial charge >= 0.3 is 0 Å². The van der Waals surface area contributed by atoms with Gasteiger partial charge in [0.2, 0.25) is 5.91 Å². The molecule has 3 rings (SSSR count). The third-order valence-electron chi connectivity index (χ3n) is 6.41. The fourth-order valence-corrected chi connectivity index (χ4v) is 5.24. The molecule has 5 atom stereocenters. The molecule has 2 N–H and O–H groups in total. The second-order valence-electron chi connectivity index (χ2n) is 8.68. The van der Waals surface area contributed by atoms with Crippen molar-refractivity contribution in [2.24, 2.45) is 23.7 Å². The molecule has 3 nitrogen and oxygen atoms in total. The van der Waals surface area contributed by atoms with Crippen LogP contribution >= 0.6 is 12.4 Å². The first-order chi connectivity index (χ1) is 10.5. The van der Waals surface area contributed by atoms with E-state index in [4.69, 9.17) is 0 Å². The highest BCUT2D eigenvalue weighted by Crippen LogP contribution is 2.35. The maximum atomic E-state index is 12.6. The summed E-state index contributed by atoms with van der Waals surface area (Å²) >= 11 is 0. The quantitative estimate of drug-likeness (QED) is 0.813. The van der Waals surface area contributed by atoms with E-state index in [-0.39, 0.29) is 12.4 Å². The van der Waals surface area contributed by atoms with Crippen molar-refractivity contribution in [3.63, 3.8) is 0 Å². The smallest absolute Gasteiger partial charge is 0.220 e. The number of hydrogen-bond acceptors (Lipinski definition) is 2. The van der Waals surface area contributed by atoms with Crippen LogP contribution in [0.4, 0.5) is 0 Å². The Morgan fingerprint density at radius 1 is 1.09 bits per heavy atom. The lowest BCUT2D eigenvalue weighted by atomic mass is 9.74. The summed E-state index contributed by atoms with van der Waals surface area (Å²) in [6.07, 6.45) is 9.58. The highest BCUT2D eigenvalue weighted by molar-refractivity contribution is 5.85. The number of halogens is 1. The summed E-state index contributed by atoms with van der Waals surface area (Å²) < 4.78 is 0. The van der Waals surface area contributed by atoms with Gasteiger partial charge in [0, 0.05) is 24.5 Å². The van der Waals surface area contributed by atoms with Gasteiger partial charge in [0.05, 0.1) is 0 Å². The van der Waals surface area contributed by atoms with Crippen molar-refractivity contribution in [1.29, 1.82) is 0 Å². The van der Waals surface area contributed by atoms with Crippen molar-refractivity contribution in [3.8, 4) is 0 Å². The average molecular weight is 343 g/mol. The number of piperidine rings is 1. The number of rotatable bonds is 4. The van der Waals surface area contributed by atoms with Crippen molar-refractivity contribution in [2.75, 3.05) is 0 Å². The Morgan fingerprint density at radius 2 is 1.74 bits per heavy atom. The maximum Gasteiger partial charge on any atom is 0.220 e. The average Bonchev–Trinajstić information content (AvgIpc) is 2.77. The molecule has 5 unspecified atom stereocenters. The van der Waals surface area contributed by atoms with Crippen LogP contribution in [-0.4, -0.2) is 24.0 Å². The number of carbonyl (C=O) groups excluding carboxylic acids is 1. The van der Waals surface area contributed by atoms with E-state index in [1.54, 1.807) is 0 Å². The number of fused-ring (bicyclic) bond motifs is 2. The van der Waals surface area contributed by atoms with E-state index in [2.05, 4.69) is 31.4 Å². The van der Waals surface area contributed by atoms with Crippen molar-refractivity contribution in [3.05, 3.63) is 0 Å². The lowest BCUT2D eigenvalue weighted by Gasteiger charge is -2.38. The molecule has 0 aromatic rings. The van der Waals surface area contributed by atoms with Crippen molar-refractivity contribution in [1.82, 2.24) is 10.6 Å². The van der Waals surface area contributed by atoms with E-state index in [1.165, 1.54) is 44.9 Å². The predicted molar refractivity (Wildman–Crippen MR) is 97.8 cm³/mol. The van der Waals surface area contributed by atoms with Gasteiger partial charge in [0.1, 0.15) is 0 Å². The fraction of sp³-hybridized carbons (Fsp3) is 0.947. The Labute approximate surface area is 148 Å². The van der Waals surface area contributed by atoms with Gasteiger partial charge in [-0.3, -0.25) is 4.79 Å². The van der Waals surface area contributed by atoms with Crippen LogP contribution in [0.1, 0.15) is 72.1 Å². The zero-order chi connectivity index (χ0) is 15.7. The van der Waals surface area contributed by atoms with Gasteiger partial charge in [-0.1, -0.05) is 27.2 Å². The molecule has 2 heterocycles. The monoisotopic (exact) mass is 342 g/mol. The summed E-state index contributed by atoms with van der Waals surface area (Å²) in [7, 11) is 0. The predicted octanol–water partition coefficient (Wildman–Crippen LogP) is 3.91. The first kappa shape index (κ1) is 19.1. The van der Waals surface area contributed by atoms with E-state index >= 15 is 0 Å². The van der Waals surface area contributed by atoms with Crippen LogP contribution in [0.15, 0.2) is 0 Å². The van der Waals surface area contributed by atoms with Gasteiger partial charge in [0.25, 0.3) is 0 Å². The minimum atomic E-state index is 0. The largest absolute Gasteiger partial charge is 0.353 e. The zero-order valence-electron chi connectivity index (χ0n) is 15.0. The summed E-state index contributed by atoms with van der Waals surface area (Å²) in [5.41, 5.74) is 0. The van der Waals surface area contributed by atoms with Crippen LogP contribution < -0.4 is 10.6 Å². The van der Waals surface area contributed by atoms with E-state index in [9.17, 15) is 4.79 Å². The van der Waals surface area contributed by atoms with Gasteiger partial charge in [-0.15, -0.1) is 12.4 Å². The molecule has 2 saturated heterocycles. The summed E-state index contributed by atoms with van der Waals surface area (Å²) in [6, 6.07) is 1.79. The summed E-state index contributed by atoms with van der Waals surface area (Å²) in [5.74, 6) is 3.03. The molecule has 2 aliphatic heterocycles. The molecule has 1 saturated carbocycles. The maximum absolute atomic E-state index is 12.6. The molecular formula is C19H35ClN2O. The molecule has 4 heteroatoms. The van der Waals surface area contributed by atoms with Crippen LogP contribution in [0, 0.1) is 23.7 Å². The van der Waals surface area contributed by atoms with Gasteiger partial charge in [0.15, 0.2) is 0 Å². The second-order valence-corrected chi connectivity index (χ2v) is 8.68. The topological polar surface area (TPSA) is 41.1 Å². The Bertz CT molecular complexity index is 389. The molecule has 23 heavy (non-hydrogen) atoms. The first-order valence-electron chi connectivity index (χ1n) is 9.56. The molecule has 1 amide bonds. The summed E-state index contributed by atoms with van der Waals surface area (Å²) in [5, 5.41) is 7.09. The van der Waals surface area contributed by atoms with Gasteiger partial charge in [-0.05, 0) is 62.2 Å². The minimum Gasteiger partial charge on any atom is -0.353 e. The van der Waals surface area contributed by atoms with Crippen molar-refractivity contribution >= 4 is 18.3 Å². The van der Waals surface area contributed by atoms with E-state index in [0.717, 1.165) is 12.3 Å². The Hall–Kier alpha value is -0.280. The molecule has 3 aliphatic rings. The first-order valence-corrected chi connectivity index (χ1v) is 9.56. The van der Waals surface area contributed by atoms with Crippen LogP contribution in [0.3, 0.4) is 0 Å². The Balaban J connectivity index is 0.00000192. The third-order valence-corrected chi connectivity index (χ3v) is 6.41. The number of carbonyl (C=O) groups is 1. The van der Waals surface area contributed by atoms with Crippen LogP contribution in [0.25, 0.3) is 0 Å². The number of amides is 1. The van der Waals surface area contributed by atoms with E-state index < -0.39 is 0 Å². The normalized spacial score (nSPS) is 39.8. The molecule has 3 fully saturated rings. The van der Waals surface area contributed by atoms with Crippen LogP contribution in [0.2, 0.25) is 0 Å². The molecular weight excluding hydrogens is 308 g/mol. The minimum absolute atomic E-state index is 0. The van der Waals surface area contributed by atoms with Gasteiger partial charge in [-0.25, -0.2) is 0 Å². The van der Waals surface area contributed by atoms with Gasteiger partial charge < -0.3 is 10.6 Å². The SMILES string of the molecule is CC1CCC(C(C)C)C(NC(=O)CC2CC3CCC(C2)N3)C1.Cl. The van der Waals surface area contributed by atoms with Crippen LogP contribution in [-0.2, 0) is 4.79 Å². The zero-order valence-corrected chi connectivity index (χ0v) is 15.8. The lowest BCUT2D eigenvalue weighted by Crippen LogP contribution is -2.46. The lowest BCUT2D eigenvalue weighted by molar-refractivity contribution is -0.123. The molecule has 0 aromatic carbocycles. The molecule has 1 aliphatic carbocycles. The molecule has 0 aromatic heterocycles. The van der Waals surface area contributed by atoms with Gasteiger partial charge in [-0.2, -0.15) is 0 Å². The van der Waals surface area contributed by atoms with Crippen molar-refractivity contribution in [2.45, 2.75) is 90.3 Å². The third kappa shape index (κ3) is 4.85. The molecule has 134 valence electrons. The molecule has 0 spiro atoms. The summed E-state index contributed by atoms with van der Waals surface area (Å²) in [6.45, 7) is 6.95. The van der Waals surface area contributed by atoms with Crippen molar-refractivity contribution < 1.29 is 4.79 Å². The highest BCUT2D eigenvalue weighted by Gasteiger charge is 2.35. The Morgan fingerprint density at radius 3 is 2.35 bits per heavy atom. The standard InChI is InChI=1S/C19H34N2O.ClH/c1-12(2)17-7-4-13(3)8-18(17)21-19(22)11-14-9-15-5-6-16(10-14)20-15;/h12-18,20H,4-11H2,1-3H3,(H,21,22);1H. The van der Waals surface area contributed by atoms with E-state index in [1.807, 2.05) is 0 Å². The van der Waals surface area contributed by atoms with Crippen LogP contribution in [0.5, 0.6) is 0 Å². The molecule has 0 radical (unpaired) electrons. The summed E-state index contributed by atoms with van der Waals surface area (Å²) in [4.78, 5) is 12.6. The number of hydrogen-bond donors (Lipinski definition) is 2. The fourth-order valence-electron chi connectivity index (χ4n) is 5.24.